The van der Waals surface area contributed by atoms with E-state index in [0.29, 0.717) is 6.61 Å². The van der Waals surface area contributed by atoms with Crippen LogP contribution in [0.2, 0.25) is 0 Å². The van der Waals surface area contributed by atoms with Crippen LogP contribution >= 0.6 is 0 Å². The number of ether oxygens (including phenoxy) is 1. The second-order valence-corrected chi connectivity index (χ2v) is 4.47. The molecule has 0 saturated carbocycles. The van der Waals surface area contributed by atoms with Crippen molar-refractivity contribution in [2.24, 2.45) is 7.05 Å². The fourth-order valence-corrected chi connectivity index (χ4v) is 2.20. The Balaban J connectivity index is 1.86. The molecule has 19 heavy (non-hydrogen) atoms. The zero-order valence-corrected chi connectivity index (χ0v) is 10.6. The van der Waals surface area contributed by atoms with Crippen molar-refractivity contribution in [3.8, 4) is 5.75 Å². The average molecular weight is 255 g/mol. The van der Waals surface area contributed by atoms with Crippen molar-refractivity contribution in [1.82, 2.24) is 4.57 Å². The molecular weight excluding hydrogens is 241 g/mol. The van der Waals surface area contributed by atoms with Gasteiger partial charge in [0.25, 0.3) is 0 Å². The first-order chi connectivity index (χ1) is 9.25. The van der Waals surface area contributed by atoms with Crippen molar-refractivity contribution in [2.45, 2.75) is 6.61 Å². The van der Waals surface area contributed by atoms with E-state index in [-0.39, 0.29) is 11.6 Å². The molecule has 0 aliphatic carbocycles. The van der Waals surface area contributed by atoms with Crippen LogP contribution in [0.5, 0.6) is 5.75 Å². The Labute approximate surface area is 111 Å². The smallest absolute Gasteiger partial charge is 0.165 e. The highest BCUT2D eigenvalue weighted by atomic mass is 19.1. The summed E-state index contributed by atoms with van der Waals surface area (Å²) in [5, 5.41) is 1.16. The lowest BCUT2D eigenvalue weighted by Gasteiger charge is -2.08. The van der Waals surface area contributed by atoms with Crippen LogP contribution < -0.4 is 4.74 Å². The highest BCUT2D eigenvalue weighted by Gasteiger charge is 2.07. The molecule has 3 rings (SSSR count). The molecule has 0 saturated heterocycles. The highest BCUT2D eigenvalue weighted by molar-refractivity contribution is 5.81. The molecule has 0 aliphatic heterocycles. The summed E-state index contributed by atoms with van der Waals surface area (Å²) in [6.45, 7) is 0.353. The number of halogens is 1. The van der Waals surface area contributed by atoms with Crippen molar-refractivity contribution in [2.75, 3.05) is 0 Å². The molecule has 0 spiro atoms. The summed E-state index contributed by atoms with van der Waals surface area (Å²) >= 11 is 0. The normalized spacial score (nSPS) is 10.8. The summed E-state index contributed by atoms with van der Waals surface area (Å²) in [7, 11) is 1.99. The summed E-state index contributed by atoms with van der Waals surface area (Å²) in [5.41, 5.74) is 2.17. The number of aromatic nitrogens is 1. The molecule has 0 bridgehead atoms. The van der Waals surface area contributed by atoms with E-state index in [2.05, 4.69) is 22.8 Å². The van der Waals surface area contributed by atoms with E-state index in [1.807, 2.05) is 19.2 Å². The third-order valence-electron chi connectivity index (χ3n) is 3.26. The topological polar surface area (TPSA) is 14.2 Å². The fraction of sp³-hybridized carbons (Fsp3) is 0.125. The summed E-state index contributed by atoms with van der Waals surface area (Å²) in [6.07, 6.45) is 0. The standard InChI is InChI=1S/C16H14FNO/c1-18-13(10-12-6-2-4-8-15(12)18)11-19-16-9-5-3-7-14(16)17/h2-10H,11H2,1H3. The van der Waals surface area contributed by atoms with Gasteiger partial charge in [-0.1, -0.05) is 30.3 Å². The molecule has 0 aliphatic rings. The van der Waals surface area contributed by atoms with Gasteiger partial charge in [-0.05, 0) is 29.7 Å². The Hall–Kier alpha value is -2.29. The van der Waals surface area contributed by atoms with Crippen LogP contribution in [0.4, 0.5) is 4.39 Å². The van der Waals surface area contributed by atoms with Gasteiger partial charge < -0.3 is 9.30 Å². The molecule has 0 amide bonds. The minimum Gasteiger partial charge on any atom is -0.484 e. The molecule has 1 aromatic heterocycles. The maximum atomic E-state index is 13.5. The van der Waals surface area contributed by atoms with Crippen LogP contribution in [0, 0.1) is 5.82 Å². The van der Waals surface area contributed by atoms with Gasteiger partial charge in [0.05, 0.1) is 5.69 Å². The number of fused-ring (bicyclic) bond motifs is 1. The molecular formula is C16H14FNO. The molecule has 0 atom stereocenters. The van der Waals surface area contributed by atoms with Crippen molar-refractivity contribution in [1.29, 1.82) is 0 Å². The monoisotopic (exact) mass is 255 g/mol. The Kier molecular flexibility index (Phi) is 2.95. The molecule has 3 heteroatoms. The minimum absolute atomic E-state index is 0.285. The van der Waals surface area contributed by atoms with Gasteiger partial charge in [0, 0.05) is 12.6 Å². The number of rotatable bonds is 3. The Bertz CT molecular complexity index is 718. The van der Waals surface area contributed by atoms with Gasteiger partial charge in [0.1, 0.15) is 6.61 Å². The van der Waals surface area contributed by atoms with Crippen LogP contribution in [0.3, 0.4) is 0 Å². The summed E-state index contributed by atoms with van der Waals surface area (Å²) in [4.78, 5) is 0. The van der Waals surface area contributed by atoms with Gasteiger partial charge >= 0.3 is 0 Å². The predicted molar refractivity (Wildman–Crippen MR) is 73.7 cm³/mol. The van der Waals surface area contributed by atoms with E-state index < -0.39 is 0 Å². The first-order valence-corrected chi connectivity index (χ1v) is 6.16. The molecule has 0 unspecified atom stereocenters. The van der Waals surface area contributed by atoms with Gasteiger partial charge in [-0.2, -0.15) is 0 Å². The molecule has 2 aromatic carbocycles. The van der Waals surface area contributed by atoms with E-state index in [9.17, 15) is 4.39 Å². The Morgan fingerprint density at radius 2 is 1.79 bits per heavy atom. The van der Waals surface area contributed by atoms with E-state index in [1.165, 1.54) is 6.07 Å². The number of hydrogen-bond donors (Lipinski definition) is 0. The molecule has 1 heterocycles. The summed E-state index contributed by atoms with van der Waals surface area (Å²) < 4.78 is 21.1. The predicted octanol–water partition coefficient (Wildman–Crippen LogP) is 3.90. The first-order valence-electron chi connectivity index (χ1n) is 6.16. The lowest BCUT2D eigenvalue weighted by atomic mass is 10.2. The SMILES string of the molecule is Cn1c(COc2ccccc2F)cc2ccccc21. The van der Waals surface area contributed by atoms with Crippen LogP contribution in [-0.2, 0) is 13.7 Å². The Morgan fingerprint density at radius 3 is 2.58 bits per heavy atom. The second kappa shape index (κ2) is 4.76. The Morgan fingerprint density at radius 1 is 1.05 bits per heavy atom. The minimum atomic E-state index is -0.332. The van der Waals surface area contributed by atoms with Gasteiger partial charge in [0.15, 0.2) is 11.6 Å². The van der Waals surface area contributed by atoms with Crippen molar-refractivity contribution in [3.05, 3.63) is 66.1 Å². The molecule has 0 radical (unpaired) electrons. The first kappa shape index (κ1) is 11.8. The van der Waals surface area contributed by atoms with Gasteiger partial charge in [-0.25, -0.2) is 4.39 Å². The number of nitrogens with zero attached hydrogens (tertiary/aromatic N) is 1. The molecule has 96 valence electrons. The van der Waals surface area contributed by atoms with Crippen molar-refractivity contribution in [3.63, 3.8) is 0 Å². The summed E-state index contributed by atoms with van der Waals surface area (Å²) in [6, 6.07) is 16.6. The van der Waals surface area contributed by atoms with Crippen LogP contribution in [0.1, 0.15) is 5.69 Å². The van der Waals surface area contributed by atoms with E-state index in [1.54, 1.807) is 18.2 Å². The molecule has 3 aromatic rings. The zero-order valence-electron chi connectivity index (χ0n) is 10.6. The quantitative estimate of drug-likeness (QED) is 0.692. The van der Waals surface area contributed by atoms with Crippen LogP contribution in [0.15, 0.2) is 54.6 Å². The molecule has 0 N–H and O–H groups in total. The number of hydrogen-bond acceptors (Lipinski definition) is 1. The summed E-state index contributed by atoms with van der Waals surface area (Å²) in [5.74, 6) is -0.0472. The maximum Gasteiger partial charge on any atom is 0.165 e. The third kappa shape index (κ3) is 2.19. The van der Waals surface area contributed by atoms with Crippen molar-refractivity contribution >= 4 is 10.9 Å². The van der Waals surface area contributed by atoms with E-state index in [4.69, 9.17) is 4.74 Å². The van der Waals surface area contributed by atoms with Gasteiger partial charge in [0.2, 0.25) is 0 Å². The maximum absolute atomic E-state index is 13.5. The third-order valence-corrected chi connectivity index (χ3v) is 3.26. The number of benzene rings is 2. The van der Waals surface area contributed by atoms with Crippen LogP contribution in [-0.4, -0.2) is 4.57 Å². The average Bonchev–Trinajstić information content (AvgIpc) is 2.75. The fourth-order valence-electron chi connectivity index (χ4n) is 2.20. The molecule has 0 fully saturated rings. The van der Waals surface area contributed by atoms with Crippen LogP contribution in [0.25, 0.3) is 10.9 Å². The van der Waals surface area contributed by atoms with Gasteiger partial charge in [-0.15, -0.1) is 0 Å². The lowest BCUT2D eigenvalue weighted by Crippen LogP contribution is -2.02. The molecule has 2 nitrogen and oxygen atoms in total. The number of aryl methyl sites for hydroxylation is 1. The largest absolute Gasteiger partial charge is 0.484 e. The zero-order chi connectivity index (χ0) is 13.2. The van der Waals surface area contributed by atoms with E-state index >= 15 is 0 Å². The van der Waals surface area contributed by atoms with E-state index in [0.717, 1.165) is 16.6 Å². The second-order valence-electron chi connectivity index (χ2n) is 4.47. The number of para-hydroxylation sites is 2. The highest BCUT2D eigenvalue weighted by Crippen LogP contribution is 2.21. The van der Waals surface area contributed by atoms with Crippen molar-refractivity contribution < 1.29 is 9.13 Å². The lowest BCUT2D eigenvalue weighted by molar-refractivity contribution is 0.283. The van der Waals surface area contributed by atoms with Gasteiger partial charge in [-0.3, -0.25) is 0 Å².